The van der Waals surface area contributed by atoms with Crippen LogP contribution in [0.3, 0.4) is 0 Å². The van der Waals surface area contributed by atoms with E-state index in [2.05, 4.69) is 22.1 Å². The fraction of sp³-hybridized carbons (Fsp3) is 0.429. The lowest BCUT2D eigenvalue weighted by Gasteiger charge is -2.20. The molecule has 2 nitrogen and oxygen atoms in total. The van der Waals surface area contributed by atoms with Crippen molar-refractivity contribution >= 4 is 10.9 Å². The fourth-order valence-corrected chi connectivity index (χ4v) is 2.54. The molecular formula is C14H16N2. The molecule has 16 heavy (non-hydrogen) atoms. The van der Waals surface area contributed by atoms with E-state index in [0.29, 0.717) is 5.92 Å². The van der Waals surface area contributed by atoms with Crippen LogP contribution < -0.4 is 0 Å². The van der Waals surface area contributed by atoms with Crippen LogP contribution in [0.5, 0.6) is 0 Å². The van der Waals surface area contributed by atoms with Gasteiger partial charge in [-0.1, -0.05) is 37.5 Å². The van der Waals surface area contributed by atoms with Crippen LogP contribution in [0.25, 0.3) is 10.9 Å². The predicted octanol–water partition coefficient (Wildman–Crippen LogP) is 3.68. The number of nitrogens with zero attached hydrogens (tertiary/aromatic N) is 2. The zero-order chi connectivity index (χ0) is 10.8. The molecule has 1 saturated carbocycles. The van der Waals surface area contributed by atoms with E-state index >= 15 is 0 Å². The van der Waals surface area contributed by atoms with Crippen molar-refractivity contribution in [1.29, 1.82) is 0 Å². The van der Waals surface area contributed by atoms with E-state index in [-0.39, 0.29) is 0 Å². The first kappa shape index (κ1) is 9.76. The molecule has 1 aliphatic rings. The molecule has 0 atom stereocenters. The molecule has 0 aliphatic heterocycles. The molecule has 0 N–H and O–H groups in total. The van der Waals surface area contributed by atoms with Gasteiger partial charge in [0.25, 0.3) is 0 Å². The van der Waals surface area contributed by atoms with Crippen LogP contribution in [-0.2, 0) is 0 Å². The number of aromatic nitrogens is 2. The van der Waals surface area contributed by atoms with Crippen molar-refractivity contribution in [2.75, 3.05) is 0 Å². The maximum atomic E-state index is 4.69. The van der Waals surface area contributed by atoms with Gasteiger partial charge in [0.15, 0.2) is 0 Å². The summed E-state index contributed by atoms with van der Waals surface area (Å²) in [6.07, 6.45) is 8.54. The Labute approximate surface area is 95.7 Å². The molecule has 0 saturated heterocycles. The summed E-state index contributed by atoms with van der Waals surface area (Å²) >= 11 is 0. The van der Waals surface area contributed by atoms with E-state index in [1.165, 1.54) is 32.1 Å². The highest BCUT2D eigenvalue weighted by Gasteiger charge is 2.17. The Morgan fingerprint density at radius 1 is 1.00 bits per heavy atom. The van der Waals surface area contributed by atoms with E-state index < -0.39 is 0 Å². The van der Waals surface area contributed by atoms with Crippen LogP contribution in [0.15, 0.2) is 30.5 Å². The Balaban J connectivity index is 1.97. The van der Waals surface area contributed by atoms with Gasteiger partial charge in [-0.25, -0.2) is 9.97 Å². The Bertz CT molecular complexity index is 487. The summed E-state index contributed by atoms with van der Waals surface area (Å²) in [7, 11) is 0. The zero-order valence-electron chi connectivity index (χ0n) is 9.39. The summed E-state index contributed by atoms with van der Waals surface area (Å²) in [4.78, 5) is 9.21. The SMILES string of the molecule is c1ccc2nc(C3CCCCC3)ncc2c1. The number of fused-ring (bicyclic) bond motifs is 1. The smallest absolute Gasteiger partial charge is 0.132 e. The molecule has 3 rings (SSSR count). The number of benzene rings is 1. The molecule has 1 aromatic heterocycles. The Hall–Kier alpha value is -1.44. The highest BCUT2D eigenvalue weighted by molar-refractivity contribution is 5.77. The second-order valence-corrected chi connectivity index (χ2v) is 4.62. The molecular weight excluding hydrogens is 196 g/mol. The average Bonchev–Trinajstić information content (AvgIpc) is 2.39. The number of rotatable bonds is 1. The maximum Gasteiger partial charge on any atom is 0.132 e. The van der Waals surface area contributed by atoms with Crippen LogP contribution in [-0.4, -0.2) is 9.97 Å². The van der Waals surface area contributed by atoms with E-state index in [1.807, 2.05) is 18.3 Å². The summed E-state index contributed by atoms with van der Waals surface area (Å²) in [6, 6.07) is 8.22. The summed E-state index contributed by atoms with van der Waals surface area (Å²) in [5.41, 5.74) is 1.08. The second kappa shape index (κ2) is 4.20. The predicted molar refractivity (Wildman–Crippen MR) is 65.4 cm³/mol. The van der Waals surface area contributed by atoms with Gasteiger partial charge >= 0.3 is 0 Å². The lowest BCUT2D eigenvalue weighted by atomic mass is 9.88. The molecule has 2 aromatic rings. The molecule has 1 aromatic carbocycles. The normalized spacial score (nSPS) is 17.8. The van der Waals surface area contributed by atoms with E-state index in [9.17, 15) is 0 Å². The third-order valence-electron chi connectivity index (χ3n) is 3.48. The van der Waals surface area contributed by atoms with Gasteiger partial charge in [-0.3, -0.25) is 0 Å². The van der Waals surface area contributed by atoms with Crippen LogP contribution >= 0.6 is 0 Å². The maximum absolute atomic E-state index is 4.69. The van der Waals surface area contributed by atoms with Gasteiger partial charge in [0, 0.05) is 17.5 Å². The first-order valence-electron chi connectivity index (χ1n) is 6.15. The van der Waals surface area contributed by atoms with Gasteiger partial charge in [-0.05, 0) is 18.9 Å². The largest absolute Gasteiger partial charge is 0.240 e. The van der Waals surface area contributed by atoms with E-state index in [4.69, 9.17) is 0 Å². The quantitative estimate of drug-likeness (QED) is 0.720. The first-order valence-corrected chi connectivity index (χ1v) is 6.15. The minimum atomic E-state index is 0.596. The molecule has 0 radical (unpaired) electrons. The Morgan fingerprint density at radius 3 is 2.69 bits per heavy atom. The molecule has 0 unspecified atom stereocenters. The molecule has 82 valence electrons. The van der Waals surface area contributed by atoms with Crippen molar-refractivity contribution in [2.24, 2.45) is 0 Å². The molecule has 0 amide bonds. The third-order valence-corrected chi connectivity index (χ3v) is 3.48. The highest BCUT2D eigenvalue weighted by Crippen LogP contribution is 2.30. The number of hydrogen-bond donors (Lipinski definition) is 0. The van der Waals surface area contributed by atoms with Crippen molar-refractivity contribution in [3.8, 4) is 0 Å². The minimum Gasteiger partial charge on any atom is -0.240 e. The lowest BCUT2D eigenvalue weighted by molar-refractivity contribution is 0.429. The lowest BCUT2D eigenvalue weighted by Crippen LogP contribution is -2.08. The highest BCUT2D eigenvalue weighted by atomic mass is 14.9. The molecule has 1 fully saturated rings. The van der Waals surface area contributed by atoms with Crippen LogP contribution in [0, 0.1) is 0 Å². The number of hydrogen-bond acceptors (Lipinski definition) is 2. The monoisotopic (exact) mass is 212 g/mol. The molecule has 0 spiro atoms. The number of para-hydroxylation sites is 1. The van der Waals surface area contributed by atoms with Crippen LogP contribution in [0.1, 0.15) is 43.8 Å². The van der Waals surface area contributed by atoms with Gasteiger partial charge in [0.1, 0.15) is 5.82 Å². The third kappa shape index (κ3) is 1.80. The standard InChI is InChI=1S/C14H16N2/c1-2-6-11(7-3-1)14-15-10-12-8-4-5-9-13(12)16-14/h4-5,8-11H,1-3,6-7H2. The van der Waals surface area contributed by atoms with Crippen LogP contribution in [0.2, 0.25) is 0 Å². The topological polar surface area (TPSA) is 25.8 Å². The molecule has 1 aliphatic carbocycles. The average molecular weight is 212 g/mol. The zero-order valence-corrected chi connectivity index (χ0v) is 9.39. The molecule has 0 bridgehead atoms. The van der Waals surface area contributed by atoms with Gasteiger partial charge in [0.2, 0.25) is 0 Å². The second-order valence-electron chi connectivity index (χ2n) is 4.62. The van der Waals surface area contributed by atoms with Gasteiger partial charge < -0.3 is 0 Å². The van der Waals surface area contributed by atoms with Gasteiger partial charge in [0.05, 0.1) is 5.52 Å². The van der Waals surface area contributed by atoms with Gasteiger partial charge in [-0.2, -0.15) is 0 Å². The Morgan fingerprint density at radius 2 is 1.81 bits per heavy atom. The summed E-state index contributed by atoms with van der Waals surface area (Å²) in [5.74, 6) is 1.65. The van der Waals surface area contributed by atoms with Crippen molar-refractivity contribution in [3.63, 3.8) is 0 Å². The first-order chi connectivity index (χ1) is 7.93. The van der Waals surface area contributed by atoms with Gasteiger partial charge in [-0.15, -0.1) is 0 Å². The van der Waals surface area contributed by atoms with Crippen molar-refractivity contribution in [3.05, 3.63) is 36.3 Å². The van der Waals surface area contributed by atoms with E-state index in [0.717, 1.165) is 16.7 Å². The van der Waals surface area contributed by atoms with E-state index in [1.54, 1.807) is 0 Å². The summed E-state index contributed by atoms with van der Waals surface area (Å²) in [6.45, 7) is 0. The molecule has 1 heterocycles. The fourth-order valence-electron chi connectivity index (χ4n) is 2.54. The van der Waals surface area contributed by atoms with Crippen LogP contribution in [0.4, 0.5) is 0 Å². The summed E-state index contributed by atoms with van der Waals surface area (Å²) < 4.78 is 0. The van der Waals surface area contributed by atoms with Crippen molar-refractivity contribution in [1.82, 2.24) is 9.97 Å². The van der Waals surface area contributed by atoms with Crippen molar-refractivity contribution < 1.29 is 0 Å². The minimum absolute atomic E-state index is 0.596. The summed E-state index contributed by atoms with van der Waals surface area (Å²) in [5, 5.41) is 1.14. The Kier molecular flexibility index (Phi) is 2.56. The molecule has 2 heteroatoms. The van der Waals surface area contributed by atoms with Crippen molar-refractivity contribution in [2.45, 2.75) is 38.0 Å².